The van der Waals surface area contributed by atoms with Gasteiger partial charge in [-0.2, -0.15) is 13.2 Å². The van der Waals surface area contributed by atoms with Crippen LogP contribution in [0.15, 0.2) is 47.4 Å². The molecular weight excluding hydrogens is 353 g/mol. The number of para-hydroxylation sites is 1. The van der Waals surface area contributed by atoms with E-state index in [2.05, 4.69) is 9.71 Å². The minimum atomic E-state index is -4.77. The second-order valence-electron chi connectivity index (χ2n) is 5.70. The molecule has 132 valence electrons. The van der Waals surface area contributed by atoms with Crippen molar-refractivity contribution in [1.82, 2.24) is 4.98 Å². The number of anilines is 1. The van der Waals surface area contributed by atoms with Gasteiger partial charge in [0.1, 0.15) is 0 Å². The molecule has 0 amide bonds. The van der Waals surface area contributed by atoms with Crippen LogP contribution in [-0.4, -0.2) is 13.4 Å². The van der Waals surface area contributed by atoms with Gasteiger partial charge in [0.2, 0.25) is 0 Å². The number of hydrogen-bond acceptors (Lipinski definition) is 2. The maximum Gasteiger partial charge on any atom is 0.417 e. The van der Waals surface area contributed by atoms with Crippen LogP contribution in [0, 0.1) is 13.8 Å². The fourth-order valence-corrected chi connectivity index (χ4v) is 4.00. The lowest BCUT2D eigenvalue weighted by atomic mass is 10.1. The monoisotopic (exact) mass is 368 g/mol. The van der Waals surface area contributed by atoms with Crippen molar-refractivity contribution in [2.24, 2.45) is 0 Å². The highest BCUT2D eigenvalue weighted by atomic mass is 32.2. The van der Waals surface area contributed by atoms with E-state index in [4.69, 9.17) is 0 Å². The summed E-state index contributed by atoms with van der Waals surface area (Å²) in [6.07, 6.45) is -4.77. The van der Waals surface area contributed by atoms with E-state index in [0.29, 0.717) is 5.52 Å². The summed E-state index contributed by atoms with van der Waals surface area (Å²) in [6.45, 7) is 3.72. The maximum absolute atomic E-state index is 13.1. The van der Waals surface area contributed by atoms with E-state index >= 15 is 0 Å². The number of fused-ring (bicyclic) bond motifs is 1. The maximum atomic E-state index is 13.1. The lowest BCUT2D eigenvalue weighted by Gasteiger charge is -2.14. The van der Waals surface area contributed by atoms with Crippen molar-refractivity contribution in [2.75, 3.05) is 4.72 Å². The first-order valence-corrected chi connectivity index (χ1v) is 8.86. The molecule has 0 saturated carbocycles. The molecule has 25 heavy (non-hydrogen) atoms. The van der Waals surface area contributed by atoms with E-state index in [9.17, 15) is 21.6 Å². The summed E-state index contributed by atoms with van der Waals surface area (Å²) in [5.41, 5.74) is 1.34. The van der Waals surface area contributed by atoms with Gasteiger partial charge < -0.3 is 4.98 Å². The van der Waals surface area contributed by atoms with Crippen LogP contribution < -0.4 is 4.72 Å². The Labute approximate surface area is 142 Å². The fourth-order valence-electron chi connectivity index (χ4n) is 2.70. The van der Waals surface area contributed by atoms with Gasteiger partial charge in [-0.25, -0.2) is 8.42 Å². The minimum absolute atomic E-state index is 0.200. The highest BCUT2D eigenvalue weighted by Gasteiger charge is 2.37. The molecule has 2 N–H and O–H groups in total. The number of nitrogens with one attached hydrogen (secondary N) is 2. The summed E-state index contributed by atoms with van der Waals surface area (Å²) in [7, 11) is -4.41. The van der Waals surface area contributed by atoms with Gasteiger partial charge in [0, 0.05) is 11.1 Å². The van der Waals surface area contributed by atoms with Crippen molar-refractivity contribution in [3.05, 3.63) is 59.3 Å². The summed E-state index contributed by atoms with van der Waals surface area (Å²) in [5.74, 6) is 0. The van der Waals surface area contributed by atoms with Crippen molar-refractivity contribution in [1.29, 1.82) is 0 Å². The Hall–Kier alpha value is -2.48. The van der Waals surface area contributed by atoms with Crippen LogP contribution >= 0.6 is 0 Å². The van der Waals surface area contributed by atoms with Gasteiger partial charge in [0.25, 0.3) is 10.0 Å². The van der Waals surface area contributed by atoms with Crippen LogP contribution in [0.4, 0.5) is 18.9 Å². The van der Waals surface area contributed by atoms with Gasteiger partial charge in [-0.1, -0.05) is 24.3 Å². The molecule has 0 spiro atoms. The average molecular weight is 368 g/mol. The third-order valence-electron chi connectivity index (χ3n) is 4.07. The number of benzene rings is 2. The summed E-state index contributed by atoms with van der Waals surface area (Å²) >= 11 is 0. The number of rotatable bonds is 3. The zero-order valence-electron chi connectivity index (χ0n) is 13.4. The molecule has 3 aromatic rings. The Morgan fingerprint density at radius 2 is 1.68 bits per heavy atom. The number of alkyl halides is 3. The smallest absolute Gasteiger partial charge is 0.357 e. The molecular formula is C17H15F3N2O2S. The predicted octanol–water partition coefficient (Wildman–Crippen LogP) is 4.60. The SMILES string of the molecule is Cc1[nH]c2c(NS(=O)(=O)c3ccccc3C(F)(F)F)cccc2c1C. The van der Waals surface area contributed by atoms with Gasteiger partial charge in [-0.05, 0) is 37.6 Å². The minimum Gasteiger partial charge on any atom is -0.357 e. The van der Waals surface area contributed by atoms with E-state index in [1.54, 1.807) is 6.07 Å². The van der Waals surface area contributed by atoms with E-state index in [1.165, 1.54) is 12.1 Å². The first kappa shape index (κ1) is 17.3. The molecule has 0 unspecified atom stereocenters. The number of aromatic amines is 1. The Morgan fingerprint density at radius 3 is 2.36 bits per heavy atom. The molecule has 1 heterocycles. The van der Waals surface area contributed by atoms with Crippen LogP contribution in [0.3, 0.4) is 0 Å². The molecule has 0 aliphatic heterocycles. The summed E-state index contributed by atoms with van der Waals surface area (Å²) in [5, 5.41) is 0.807. The molecule has 1 aromatic heterocycles. The molecule has 0 aliphatic carbocycles. The van der Waals surface area contributed by atoms with Crippen LogP contribution in [0.5, 0.6) is 0 Å². The van der Waals surface area contributed by atoms with Crippen molar-refractivity contribution >= 4 is 26.6 Å². The lowest BCUT2D eigenvalue weighted by molar-refractivity contribution is -0.139. The Balaban J connectivity index is 2.12. The molecule has 0 aliphatic rings. The number of hydrogen-bond donors (Lipinski definition) is 2. The standard InChI is InChI=1S/C17H15F3N2O2S/c1-10-11(2)21-16-12(10)6-5-8-14(16)22-25(23,24)15-9-4-3-7-13(15)17(18,19)20/h3-9,21-22H,1-2H3. The third kappa shape index (κ3) is 3.09. The number of aromatic nitrogens is 1. The first-order valence-electron chi connectivity index (χ1n) is 7.38. The van der Waals surface area contributed by atoms with Gasteiger partial charge >= 0.3 is 6.18 Å². The number of sulfonamides is 1. The lowest BCUT2D eigenvalue weighted by Crippen LogP contribution is -2.19. The molecule has 2 aromatic carbocycles. The summed E-state index contributed by atoms with van der Waals surface area (Å²) < 4.78 is 66.8. The van der Waals surface area contributed by atoms with Crippen molar-refractivity contribution in [3.8, 4) is 0 Å². The fraction of sp³-hybridized carbons (Fsp3) is 0.176. The Morgan fingerprint density at radius 1 is 1.00 bits per heavy atom. The summed E-state index contributed by atoms with van der Waals surface area (Å²) in [4.78, 5) is 2.26. The van der Waals surface area contributed by atoms with Crippen molar-refractivity contribution in [3.63, 3.8) is 0 Å². The van der Waals surface area contributed by atoms with Gasteiger partial charge in [-0.3, -0.25) is 4.72 Å². The third-order valence-corrected chi connectivity index (χ3v) is 5.49. The zero-order valence-corrected chi connectivity index (χ0v) is 14.2. The predicted molar refractivity (Wildman–Crippen MR) is 90.0 cm³/mol. The highest BCUT2D eigenvalue weighted by molar-refractivity contribution is 7.92. The number of aryl methyl sites for hydroxylation is 2. The molecule has 3 rings (SSSR count). The topological polar surface area (TPSA) is 62.0 Å². The van der Waals surface area contributed by atoms with Gasteiger partial charge in [-0.15, -0.1) is 0 Å². The first-order chi connectivity index (χ1) is 11.6. The molecule has 4 nitrogen and oxygen atoms in total. The van der Waals surface area contributed by atoms with Crippen LogP contribution in [0.1, 0.15) is 16.8 Å². The quantitative estimate of drug-likeness (QED) is 0.709. The van der Waals surface area contributed by atoms with Crippen molar-refractivity contribution in [2.45, 2.75) is 24.9 Å². The number of H-pyrrole nitrogens is 1. The van der Waals surface area contributed by atoms with E-state index in [1.807, 2.05) is 19.9 Å². The second-order valence-corrected chi connectivity index (χ2v) is 7.35. The molecule has 8 heteroatoms. The zero-order chi connectivity index (χ0) is 18.4. The second kappa shape index (κ2) is 5.80. The molecule has 0 bridgehead atoms. The highest BCUT2D eigenvalue weighted by Crippen LogP contribution is 2.35. The van der Waals surface area contributed by atoms with Crippen LogP contribution in [-0.2, 0) is 16.2 Å². The van der Waals surface area contributed by atoms with Crippen molar-refractivity contribution < 1.29 is 21.6 Å². The van der Waals surface area contributed by atoms with E-state index < -0.39 is 26.7 Å². The van der Waals surface area contributed by atoms with Gasteiger partial charge in [0.15, 0.2) is 0 Å². The Kier molecular flexibility index (Phi) is 4.03. The Bertz CT molecular complexity index is 1050. The molecule has 0 atom stereocenters. The van der Waals surface area contributed by atoms with E-state index in [-0.39, 0.29) is 5.69 Å². The molecule has 0 fully saturated rings. The molecule has 0 radical (unpaired) electrons. The van der Waals surface area contributed by atoms with Gasteiger partial charge in [0.05, 0.1) is 21.7 Å². The van der Waals surface area contributed by atoms with E-state index in [0.717, 1.165) is 34.8 Å². The normalized spacial score (nSPS) is 12.5. The van der Waals surface area contributed by atoms with Crippen LogP contribution in [0.2, 0.25) is 0 Å². The largest absolute Gasteiger partial charge is 0.417 e. The number of halogens is 3. The molecule has 0 saturated heterocycles. The average Bonchev–Trinajstić information content (AvgIpc) is 2.83. The summed E-state index contributed by atoms with van der Waals surface area (Å²) in [6, 6.07) is 9.07. The van der Waals surface area contributed by atoms with Crippen LogP contribution in [0.25, 0.3) is 10.9 Å².